The van der Waals surface area contributed by atoms with Crippen molar-refractivity contribution < 1.29 is 4.74 Å². The maximum absolute atomic E-state index is 5.27. The van der Waals surface area contributed by atoms with E-state index in [-0.39, 0.29) is 0 Å². The average Bonchev–Trinajstić information content (AvgIpc) is 2.72. The van der Waals surface area contributed by atoms with Crippen molar-refractivity contribution in [1.29, 1.82) is 0 Å². The molecule has 1 N–H and O–H groups in total. The molecule has 16 heavy (non-hydrogen) atoms. The van der Waals surface area contributed by atoms with Crippen molar-refractivity contribution >= 4 is 0 Å². The van der Waals surface area contributed by atoms with Crippen LogP contribution in [-0.4, -0.2) is 29.5 Å². The molecule has 0 amide bonds. The summed E-state index contributed by atoms with van der Waals surface area (Å²) in [6, 6.07) is 0. The van der Waals surface area contributed by atoms with E-state index in [0.29, 0.717) is 0 Å². The SMILES string of the molecule is Cn1cc(CNCCC2=CCOCC2)cn1. The molecule has 4 nitrogen and oxygen atoms in total. The number of aryl methyl sites for hydroxylation is 1. The van der Waals surface area contributed by atoms with Gasteiger partial charge in [0.15, 0.2) is 0 Å². The molecular weight excluding hydrogens is 202 g/mol. The summed E-state index contributed by atoms with van der Waals surface area (Å²) in [6.45, 7) is 3.60. The number of rotatable bonds is 5. The molecule has 0 aromatic carbocycles. The molecule has 0 saturated carbocycles. The fourth-order valence-corrected chi connectivity index (χ4v) is 1.84. The van der Waals surface area contributed by atoms with Gasteiger partial charge in [0.1, 0.15) is 0 Å². The van der Waals surface area contributed by atoms with Crippen molar-refractivity contribution in [2.75, 3.05) is 19.8 Å². The first-order valence-corrected chi connectivity index (χ1v) is 5.78. The molecule has 4 heteroatoms. The van der Waals surface area contributed by atoms with Crippen LogP contribution in [0.4, 0.5) is 0 Å². The molecule has 0 fully saturated rings. The van der Waals surface area contributed by atoms with E-state index in [4.69, 9.17) is 4.74 Å². The highest BCUT2D eigenvalue weighted by molar-refractivity contribution is 5.06. The van der Waals surface area contributed by atoms with Gasteiger partial charge in [0.2, 0.25) is 0 Å². The van der Waals surface area contributed by atoms with Crippen molar-refractivity contribution in [1.82, 2.24) is 15.1 Å². The monoisotopic (exact) mass is 221 g/mol. The summed E-state index contributed by atoms with van der Waals surface area (Å²) in [5.41, 5.74) is 2.76. The summed E-state index contributed by atoms with van der Waals surface area (Å²) in [4.78, 5) is 0. The largest absolute Gasteiger partial charge is 0.377 e. The minimum absolute atomic E-state index is 0.790. The number of nitrogens with one attached hydrogen (secondary N) is 1. The molecule has 1 aromatic rings. The van der Waals surface area contributed by atoms with Crippen LogP contribution in [0.1, 0.15) is 18.4 Å². The van der Waals surface area contributed by atoms with Crippen LogP contribution in [0.15, 0.2) is 24.0 Å². The quantitative estimate of drug-likeness (QED) is 0.601. The second-order valence-electron chi connectivity index (χ2n) is 4.14. The Bertz CT molecular complexity index is 357. The van der Waals surface area contributed by atoms with Crippen molar-refractivity contribution in [3.63, 3.8) is 0 Å². The Labute approximate surface area is 96.3 Å². The molecular formula is C12H19N3O. The van der Waals surface area contributed by atoms with Gasteiger partial charge in [-0.3, -0.25) is 4.68 Å². The Morgan fingerprint density at radius 2 is 2.50 bits per heavy atom. The normalized spacial score (nSPS) is 16.2. The minimum atomic E-state index is 0.790. The standard InChI is InChI=1S/C12H19N3O/c1-15-10-12(9-14-15)8-13-5-2-11-3-6-16-7-4-11/h3,9-10,13H,2,4-8H2,1H3. The van der Waals surface area contributed by atoms with E-state index in [0.717, 1.165) is 39.1 Å². The first-order valence-electron chi connectivity index (χ1n) is 5.78. The molecule has 0 saturated heterocycles. The van der Waals surface area contributed by atoms with Crippen molar-refractivity contribution in [2.45, 2.75) is 19.4 Å². The highest BCUT2D eigenvalue weighted by atomic mass is 16.5. The third-order valence-corrected chi connectivity index (χ3v) is 2.77. The summed E-state index contributed by atoms with van der Waals surface area (Å²) < 4.78 is 7.10. The fraction of sp³-hybridized carbons (Fsp3) is 0.583. The van der Waals surface area contributed by atoms with E-state index in [1.54, 1.807) is 0 Å². The van der Waals surface area contributed by atoms with Crippen LogP contribution in [0, 0.1) is 0 Å². The highest BCUT2D eigenvalue weighted by Crippen LogP contribution is 2.10. The zero-order chi connectivity index (χ0) is 11.2. The smallest absolute Gasteiger partial charge is 0.0650 e. The van der Waals surface area contributed by atoms with Gasteiger partial charge in [-0.1, -0.05) is 11.6 Å². The second-order valence-corrected chi connectivity index (χ2v) is 4.14. The molecule has 0 bridgehead atoms. The van der Waals surface area contributed by atoms with Gasteiger partial charge >= 0.3 is 0 Å². The highest BCUT2D eigenvalue weighted by Gasteiger charge is 2.03. The van der Waals surface area contributed by atoms with E-state index < -0.39 is 0 Å². The second kappa shape index (κ2) is 5.82. The van der Waals surface area contributed by atoms with E-state index in [1.807, 2.05) is 24.1 Å². The van der Waals surface area contributed by atoms with Gasteiger partial charge in [-0.2, -0.15) is 5.10 Å². The van der Waals surface area contributed by atoms with E-state index >= 15 is 0 Å². The molecule has 1 aliphatic rings. The molecule has 0 radical (unpaired) electrons. The lowest BCUT2D eigenvalue weighted by Crippen LogP contribution is -2.16. The molecule has 2 heterocycles. The molecule has 0 unspecified atom stereocenters. The van der Waals surface area contributed by atoms with Crippen LogP contribution in [-0.2, 0) is 18.3 Å². The van der Waals surface area contributed by atoms with Gasteiger partial charge in [-0.05, 0) is 19.4 Å². The first kappa shape index (κ1) is 11.4. The molecule has 0 spiro atoms. The zero-order valence-corrected chi connectivity index (χ0v) is 9.78. The Morgan fingerprint density at radius 1 is 1.56 bits per heavy atom. The van der Waals surface area contributed by atoms with Gasteiger partial charge in [-0.25, -0.2) is 0 Å². The molecule has 0 aliphatic carbocycles. The number of hydrogen-bond acceptors (Lipinski definition) is 3. The van der Waals surface area contributed by atoms with Gasteiger partial charge in [-0.15, -0.1) is 0 Å². The number of ether oxygens (including phenoxy) is 1. The summed E-state index contributed by atoms with van der Waals surface area (Å²) in [5.74, 6) is 0. The minimum Gasteiger partial charge on any atom is -0.377 e. The van der Waals surface area contributed by atoms with Crippen LogP contribution in [0.3, 0.4) is 0 Å². The lowest BCUT2D eigenvalue weighted by Gasteiger charge is -2.13. The molecule has 1 aliphatic heterocycles. The van der Waals surface area contributed by atoms with Gasteiger partial charge in [0.25, 0.3) is 0 Å². The topological polar surface area (TPSA) is 39.1 Å². The number of hydrogen-bond donors (Lipinski definition) is 1. The van der Waals surface area contributed by atoms with Crippen LogP contribution in [0.5, 0.6) is 0 Å². The maximum Gasteiger partial charge on any atom is 0.0650 e. The zero-order valence-electron chi connectivity index (χ0n) is 9.78. The lowest BCUT2D eigenvalue weighted by atomic mass is 10.1. The molecule has 1 aromatic heterocycles. The third-order valence-electron chi connectivity index (χ3n) is 2.77. The molecule has 88 valence electrons. The fourth-order valence-electron chi connectivity index (χ4n) is 1.84. The van der Waals surface area contributed by atoms with Crippen LogP contribution >= 0.6 is 0 Å². The van der Waals surface area contributed by atoms with Gasteiger partial charge in [0, 0.05) is 25.4 Å². The predicted molar refractivity (Wildman–Crippen MR) is 63.1 cm³/mol. The number of nitrogens with zero attached hydrogens (tertiary/aromatic N) is 2. The predicted octanol–water partition coefficient (Wildman–Crippen LogP) is 1.25. The summed E-state index contributed by atoms with van der Waals surface area (Å²) in [7, 11) is 1.94. The van der Waals surface area contributed by atoms with Crippen LogP contribution < -0.4 is 5.32 Å². The first-order chi connectivity index (χ1) is 7.84. The number of aromatic nitrogens is 2. The van der Waals surface area contributed by atoms with Gasteiger partial charge in [0.05, 0.1) is 19.4 Å². The Kier molecular flexibility index (Phi) is 4.13. The third kappa shape index (κ3) is 3.47. The summed E-state index contributed by atoms with van der Waals surface area (Å²) in [5, 5.41) is 7.56. The Hall–Kier alpha value is -1.13. The van der Waals surface area contributed by atoms with E-state index in [2.05, 4.69) is 16.5 Å². The van der Waals surface area contributed by atoms with E-state index in [1.165, 1.54) is 11.1 Å². The van der Waals surface area contributed by atoms with Gasteiger partial charge < -0.3 is 10.1 Å². The maximum atomic E-state index is 5.27. The van der Waals surface area contributed by atoms with Crippen molar-refractivity contribution in [3.05, 3.63) is 29.6 Å². The Balaban J connectivity index is 1.63. The Morgan fingerprint density at radius 3 is 3.19 bits per heavy atom. The molecule has 2 rings (SSSR count). The summed E-state index contributed by atoms with van der Waals surface area (Å²) in [6.07, 6.45) is 8.37. The van der Waals surface area contributed by atoms with Crippen LogP contribution in [0.25, 0.3) is 0 Å². The van der Waals surface area contributed by atoms with Crippen molar-refractivity contribution in [3.8, 4) is 0 Å². The van der Waals surface area contributed by atoms with Crippen LogP contribution in [0.2, 0.25) is 0 Å². The van der Waals surface area contributed by atoms with Crippen molar-refractivity contribution in [2.24, 2.45) is 7.05 Å². The average molecular weight is 221 g/mol. The lowest BCUT2D eigenvalue weighted by molar-refractivity contribution is 0.153. The van der Waals surface area contributed by atoms with E-state index in [9.17, 15) is 0 Å². The molecule has 0 atom stereocenters. The summed E-state index contributed by atoms with van der Waals surface area (Å²) >= 11 is 0.